The van der Waals surface area contributed by atoms with Crippen LogP contribution in [0.1, 0.15) is 26.2 Å². The van der Waals surface area contributed by atoms with Gasteiger partial charge in [-0.2, -0.15) is 8.78 Å². The highest BCUT2D eigenvalue weighted by atomic mass is 79.9. The molecule has 0 aromatic rings. The molecule has 0 aromatic heterocycles. The first-order valence-electron chi connectivity index (χ1n) is 4.32. The van der Waals surface area contributed by atoms with E-state index in [4.69, 9.17) is 0 Å². The summed E-state index contributed by atoms with van der Waals surface area (Å²) in [4.78, 5) is 7.12. The summed E-state index contributed by atoms with van der Waals surface area (Å²) in [7, 11) is 0. The fraction of sp³-hybridized carbons (Fsp3) is 0.667. The van der Waals surface area contributed by atoms with Crippen LogP contribution in [0.3, 0.4) is 0 Å². The van der Waals surface area contributed by atoms with Crippen LogP contribution in [0.2, 0.25) is 0 Å². The highest BCUT2D eigenvalue weighted by Crippen LogP contribution is 2.24. The van der Waals surface area contributed by atoms with Crippen LogP contribution in [0.4, 0.5) is 8.78 Å². The molecule has 0 fully saturated rings. The molecule has 82 valence electrons. The molecule has 0 spiro atoms. The van der Waals surface area contributed by atoms with Gasteiger partial charge in [0, 0.05) is 15.9 Å². The SMILES string of the molecule is C=CC(CCCC)OC(=O)C(F)(F)Br. The quantitative estimate of drug-likeness (QED) is 0.421. The van der Waals surface area contributed by atoms with Gasteiger partial charge in [0.05, 0.1) is 0 Å². The summed E-state index contributed by atoms with van der Waals surface area (Å²) in [5.74, 6) is -1.57. The van der Waals surface area contributed by atoms with Gasteiger partial charge in [0.2, 0.25) is 0 Å². The maximum Gasteiger partial charge on any atom is 0.396 e. The van der Waals surface area contributed by atoms with Crippen molar-refractivity contribution in [3.8, 4) is 0 Å². The van der Waals surface area contributed by atoms with Crippen LogP contribution in [-0.4, -0.2) is 16.9 Å². The smallest absolute Gasteiger partial charge is 0.396 e. The zero-order valence-electron chi connectivity index (χ0n) is 7.93. The molecule has 1 unspecified atom stereocenters. The van der Waals surface area contributed by atoms with Crippen LogP contribution in [0.25, 0.3) is 0 Å². The van der Waals surface area contributed by atoms with Crippen molar-refractivity contribution >= 4 is 21.9 Å². The summed E-state index contributed by atoms with van der Waals surface area (Å²) in [6.45, 7) is 5.37. The van der Waals surface area contributed by atoms with Crippen molar-refractivity contribution in [1.82, 2.24) is 0 Å². The lowest BCUT2D eigenvalue weighted by Crippen LogP contribution is -2.28. The van der Waals surface area contributed by atoms with Crippen molar-refractivity contribution in [2.75, 3.05) is 0 Å². The molecule has 14 heavy (non-hydrogen) atoms. The largest absolute Gasteiger partial charge is 0.453 e. The van der Waals surface area contributed by atoms with Crippen molar-refractivity contribution in [3.63, 3.8) is 0 Å². The molecular formula is C9H13BrF2O2. The second kappa shape index (κ2) is 6.11. The predicted octanol–water partition coefficient (Wildman–Crippen LogP) is 3.26. The highest BCUT2D eigenvalue weighted by molar-refractivity contribution is 9.10. The number of ether oxygens (including phenoxy) is 1. The van der Waals surface area contributed by atoms with Gasteiger partial charge in [0.15, 0.2) is 0 Å². The Morgan fingerprint density at radius 2 is 2.29 bits per heavy atom. The number of alkyl halides is 3. The first-order chi connectivity index (χ1) is 6.41. The first-order valence-corrected chi connectivity index (χ1v) is 5.11. The maximum absolute atomic E-state index is 12.3. The van der Waals surface area contributed by atoms with E-state index in [-0.39, 0.29) is 0 Å². The Hall–Kier alpha value is -0.450. The van der Waals surface area contributed by atoms with Crippen molar-refractivity contribution in [1.29, 1.82) is 0 Å². The van der Waals surface area contributed by atoms with E-state index in [2.05, 4.69) is 11.3 Å². The van der Waals surface area contributed by atoms with Gasteiger partial charge in [-0.3, -0.25) is 0 Å². The topological polar surface area (TPSA) is 26.3 Å². The average Bonchev–Trinajstić information content (AvgIpc) is 2.10. The second-order valence-corrected chi connectivity index (χ2v) is 3.82. The number of halogens is 3. The van der Waals surface area contributed by atoms with Gasteiger partial charge in [0.25, 0.3) is 0 Å². The third-order valence-corrected chi connectivity index (χ3v) is 1.92. The Kier molecular flexibility index (Phi) is 5.92. The monoisotopic (exact) mass is 270 g/mol. The summed E-state index contributed by atoms with van der Waals surface area (Å²) < 4.78 is 29.2. The fourth-order valence-corrected chi connectivity index (χ4v) is 0.928. The molecular weight excluding hydrogens is 258 g/mol. The third-order valence-electron chi connectivity index (χ3n) is 1.59. The first kappa shape index (κ1) is 13.5. The fourth-order valence-electron chi connectivity index (χ4n) is 0.834. The van der Waals surface area contributed by atoms with Crippen molar-refractivity contribution < 1.29 is 18.3 Å². The molecule has 0 heterocycles. The molecule has 2 nitrogen and oxygen atoms in total. The van der Waals surface area contributed by atoms with Gasteiger partial charge in [0.1, 0.15) is 6.10 Å². The van der Waals surface area contributed by atoms with Crippen molar-refractivity contribution in [2.45, 2.75) is 37.1 Å². The molecule has 0 amide bonds. The van der Waals surface area contributed by atoms with E-state index in [1.54, 1.807) is 0 Å². The van der Waals surface area contributed by atoms with Gasteiger partial charge >= 0.3 is 10.8 Å². The molecule has 0 aliphatic carbocycles. The van der Waals surface area contributed by atoms with E-state index in [0.29, 0.717) is 6.42 Å². The van der Waals surface area contributed by atoms with E-state index in [1.165, 1.54) is 6.08 Å². The van der Waals surface area contributed by atoms with E-state index >= 15 is 0 Å². The van der Waals surface area contributed by atoms with Gasteiger partial charge in [-0.25, -0.2) is 4.79 Å². The summed E-state index contributed by atoms with van der Waals surface area (Å²) >= 11 is 1.93. The standard InChI is InChI=1S/C9H13BrF2O2/c1-3-5-6-7(4-2)14-8(13)9(10,11)12/h4,7H,2-3,5-6H2,1H3. The molecule has 0 saturated heterocycles. The third kappa shape index (κ3) is 5.32. The lowest BCUT2D eigenvalue weighted by Gasteiger charge is -2.15. The van der Waals surface area contributed by atoms with E-state index in [1.807, 2.05) is 22.9 Å². The van der Waals surface area contributed by atoms with Crippen molar-refractivity contribution in [3.05, 3.63) is 12.7 Å². The Balaban J connectivity index is 4.05. The summed E-state index contributed by atoms with van der Waals surface area (Å²) in [5.41, 5.74) is 0. The predicted molar refractivity (Wildman–Crippen MR) is 53.5 cm³/mol. The Labute approximate surface area is 90.4 Å². The number of rotatable bonds is 6. The van der Waals surface area contributed by atoms with Crippen LogP contribution in [-0.2, 0) is 9.53 Å². The number of carbonyl (C=O) groups is 1. The minimum atomic E-state index is -3.61. The van der Waals surface area contributed by atoms with Gasteiger partial charge in [-0.05, 0) is 12.8 Å². The van der Waals surface area contributed by atoms with Gasteiger partial charge in [-0.1, -0.05) is 26.0 Å². The molecule has 0 rings (SSSR count). The van der Waals surface area contributed by atoms with Crippen LogP contribution >= 0.6 is 15.9 Å². The van der Waals surface area contributed by atoms with Crippen LogP contribution in [0.5, 0.6) is 0 Å². The minimum absolute atomic E-state index is 0.523. The second-order valence-electron chi connectivity index (χ2n) is 2.82. The van der Waals surface area contributed by atoms with E-state index in [0.717, 1.165) is 12.8 Å². The van der Waals surface area contributed by atoms with Crippen LogP contribution < -0.4 is 0 Å². The molecule has 5 heteroatoms. The molecule has 0 aliphatic rings. The maximum atomic E-state index is 12.3. The van der Waals surface area contributed by atoms with E-state index in [9.17, 15) is 13.6 Å². The lowest BCUT2D eigenvalue weighted by atomic mass is 10.1. The van der Waals surface area contributed by atoms with Crippen molar-refractivity contribution in [2.24, 2.45) is 0 Å². The number of carbonyl (C=O) groups excluding carboxylic acids is 1. The van der Waals surface area contributed by atoms with Crippen LogP contribution in [0.15, 0.2) is 12.7 Å². The lowest BCUT2D eigenvalue weighted by molar-refractivity contribution is -0.163. The molecule has 1 atom stereocenters. The highest BCUT2D eigenvalue weighted by Gasteiger charge is 2.38. The molecule has 0 radical (unpaired) electrons. The summed E-state index contributed by atoms with van der Waals surface area (Å²) in [6, 6.07) is 0. The number of hydrogen-bond acceptors (Lipinski definition) is 2. The summed E-state index contributed by atoms with van der Waals surface area (Å²) in [5, 5.41) is 0. The molecule has 0 aliphatic heterocycles. The zero-order valence-corrected chi connectivity index (χ0v) is 9.52. The van der Waals surface area contributed by atoms with Gasteiger partial charge in [-0.15, -0.1) is 0 Å². The Bertz CT molecular complexity index is 201. The molecule has 0 bridgehead atoms. The minimum Gasteiger partial charge on any atom is -0.453 e. The number of unbranched alkanes of at least 4 members (excludes halogenated alkanes) is 1. The van der Waals surface area contributed by atoms with Gasteiger partial charge < -0.3 is 4.74 Å². The molecule has 0 saturated carbocycles. The Morgan fingerprint density at radius 3 is 2.64 bits per heavy atom. The van der Waals surface area contributed by atoms with Crippen LogP contribution in [0, 0.1) is 0 Å². The molecule has 0 N–H and O–H groups in total. The Morgan fingerprint density at radius 1 is 1.71 bits per heavy atom. The molecule has 0 aromatic carbocycles. The number of hydrogen-bond donors (Lipinski definition) is 0. The van der Waals surface area contributed by atoms with E-state index < -0.39 is 16.9 Å². The summed E-state index contributed by atoms with van der Waals surface area (Å²) in [6.07, 6.45) is 2.96. The average molecular weight is 271 g/mol. The number of esters is 1. The zero-order chi connectivity index (χ0) is 11.2. The normalized spacial score (nSPS) is 13.4.